The number of methoxy groups -OCH3 is 1. The number of nitrogens with zero attached hydrogens (tertiary/aromatic N) is 4. The zero-order valence-electron chi connectivity index (χ0n) is 27.3. The summed E-state index contributed by atoms with van der Waals surface area (Å²) >= 11 is 0. The highest BCUT2D eigenvalue weighted by Crippen LogP contribution is 2.39. The van der Waals surface area contributed by atoms with Crippen molar-refractivity contribution in [2.75, 3.05) is 69.5 Å². The zero-order chi connectivity index (χ0) is 32.3. The molecule has 0 bridgehead atoms. The lowest BCUT2D eigenvalue weighted by Crippen LogP contribution is -2.35. The summed E-state index contributed by atoms with van der Waals surface area (Å²) in [7, 11) is 3.61. The lowest BCUT2D eigenvalue weighted by atomic mass is 9.86. The van der Waals surface area contributed by atoms with Gasteiger partial charge >= 0.3 is 6.03 Å². The van der Waals surface area contributed by atoms with Gasteiger partial charge in [-0.1, -0.05) is 57.2 Å². The number of urea groups is 1. The average molecular weight is 622 g/mol. The van der Waals surface area contributed by atoms with Crippen molar-refractivity contribution in [1.82, 2.24) is 14.8 Å². The summed E-state index contributed by atoms with van der Waals surface area (Å²) in [5.41, 5.74) is 6.03. The van der Waals surface area contributed by atoms with Gasteiger partial charge in [0.15, 0.2) is 11.7 Å². The van der Waals surface area contributed by atoms with Crippen LogP contribution in [0.1, 0.15) is 32.0 Å². The first-order valence-electron chi connectivity index (χ1n) is 15.8. The number of amides is 2. The van der Waals surface area contributed by atoms with Crippen molar-refractivity contribution in [3.8, 4) is 16.9 Å². The smallest absolute Gasteiger partial charge is 0.323 e. The van der Waals surface area contributed by atoms with Gasteiger partial charge < -0.3 is 30.3 Å². The molecule has 0 radical (unpaired) electrons. The summed E-state index contributed by atoms with van der Waals surface area (Å²) in [4.78, 5) is 27.3. The fourth-order valence-electron chi connectivity index (χ4n) is 5.86. The van der Waals surface area contributed by atoms with E-state index in [1.54, 1.807) is 7.11 Å². The van der Waals surface area contributed by atoms with E-state index in [-0.39, 0.29) is 11.4 Å². The molecule has 10 heteroatoms. The summed E-state index contributed by atoms with van der Waals surface area (Å²) in [5, 5.41) is 11.5. The molecule has 0 spiro atoms. The quantitative estimate of drug-likeness (QED) is 0.220. The van der Waals surface area contributed by atoms with Crippen LogP contribution in [-0.2, 0) is 16.7 Å². The number of hydrogen-bond donors (Lipinski definition) is 3. The second-order valence-electron chi connectivity index (χ2n) is 12.8. The highest BCUT2D eigenvalue weighted by molar-refractivity contribution is 6.10. The van der Waals surface area contributed by atoms with Crippen LogP contribution in [-0.4, -0.2) is 80.3 Å². The lowest BCUT2D eigenvalue weighted by Gasteiger charge is -2.26. The largest absolute Gasteiger partial charge is 0.492 e. The molecule has 3 N–H and O–H groups in total. The van der Waals surface area contributed by atoms with Gasteiger partial charge in [0, 0.05) is 50.4 Å². The fourth-order valence-corrected chi connectivity index (χ4v) is 5.86. The summed E-state index contributed by atoms with van der Waals surface area (Å²) in [6.07, 6.45) is 1.94. The van der Waals surface area contributed by atoms with Gasteiger partial charge in [0.25, 0.3) is 0 Å². The molecular weight excluding hydrogens is 578 g/mol. The van der Waals surface area contributed by atoms with E-state index in [9.17, 15) is 4.79 Å². The number of nitrogens with one attached hydrogen (secondary N) is 3. The minimum absolute atomic E-state index is 0.166. The molecule has 2 amide bonds. The Kier molecular flexibility index (Phi) is 9.10. The Morgan fingerprint density at radius 1 is 0.935 bits per heavy atom. The van der Waals surface area contributed by atoms with Gasteiger partial charge in [-0.3, -0.25) is 14.9 Å². The van der Waals surface area contributed by atoms with Gasteiger partial charge in [0.05, 0.1) is 49.6 Å². The number of ether oxygens (including phenoxy) is 2. The first-order chi connectivity index (χ1) is 22.2. The van der Waals surface area contributed by atoms with Crippen molar-refractivity contribution >= 4 is 39.8 Å². The van der Waals surface area contributed by atoms with Crippen molar-refractivity contribution in [1.29, 1.82) is 0 Å². The van der Waals surface area contributed by atoms with E-state index in [0.717, 1.165) is 90.7 Å². The van der Waals surface area contributed by atoms with E-state index >= 15 is 0 Å². The van der Waals surface area contributed by atoms with Gasteiger partial charge in [-0.2, -0.15) is 0 Å². The number of pyridine rings is 1. The molecule has 1 fully saturated rings. The molecule has 1 saturated heterocycles. The maximum Gasteiger partial charge on any atom is 0.323 e. The van der Waals surface area contributed by atoms with Crippen LogP contribution in [0.25, 0.3) is 21.9 Å². The molecule has 46 heavy (non-hydrogen) atoms. The van der Waals surface area contributed by atoms with Crippen LogP contribution in [0.3, 0.4) is 0 Å². The molecule has 1 aromatic heterocycles. The molecule has 10 nitrogen and oxygen atoms in total. The van der Waals surface area contributed by atoms with Crippen LogP contribution in [0, 0.1) is 0 Å². The molecule has 0 saturated carbocycles. The molecule has 0 atom stereocenters. The number of likely N-dealkylation sites (N-methyl/N-ethyl adjacent to an activating group) is 1. The predicted molar refractivity (Wildman–Crippen MR) is 186 cm³/mol. The number of benzene rings is 3. The van der Waals surface area contributed by atoms with Gasteiger partial charge in [-0.15, -0.1) is 0 Å². The SMILES string of the molecule is COc1c(NC(=O)Nc2ccc(-c3ccc(CN4CCOCC4)nc3)c3ccccc23)cc(C(C)(C)C)cc1NC1=NCCN1C. The van der Waals surface area contributed by atoms with Crippen LogP contribution in [0.15, 0.2) is 71.9 Å². The van der Waals surface area contributed by atoms with Crippen LogP contribution in [0.4, 0.5) is 21.9 Å². The summed E-state index contributed by atoms with van der Waals surface area (Å²) in [6, 6.07) is 20.0. The second-order valence-corrected chi connectivity index (χ2v) is 12.8. The standard InChI is InChI=1S/C36H43N7O3/c1-36(2,3)25-20-31(39-34-37-14-15-42(34)4)33(45-5)32(21-25)41-35(44)40-30-13-12-27(28-8-6-7-9-29(28)30)24-10-11-26(38-22-24)23-43-16-18-46-19-17-43/h6-13,20-22H,14-19,23H2,1-5H3,(H,37,39)(H2,40,41,44). The Bertz CT molecular complexity index is 1740. The van der Waals surface area contributed by atoms with Crippen molar-refractivity contribution in [2.24, 2.45) is 4.99 Å². The number of aliphatic imine (C=N–C) groups is 1. The predicted octanol–water partition coefficient (Wildman–Crippen LogP) is 6.40. The number of carbonyl (C=O) groups excluding carboxylic acids is 1. The van der Waals surface area contributed by atoms with E-state index in [4.69, 9.17) is 14.5 Å². The molecular formula is C36H43N7O3. The Balaban J connectivity index is 1.24. The third-order valence-corrected chi connectivity index (χ3v) is 8.51. The van der Waals surface area contributed by atoms with E-state index in [1.165, 1.54) is 0 Å². The van der Waals surface area contributed by atoms with Gasteiger partial charge in [0.2, 0.25) is 0 Å². The number of rotatable bonds is 7. The highest BCUT2D eigenvalue weighted by Gasteiger charge is 2.23. The van der Waals surface area contributed by atoms with E-state index in [0.29, 0.717) is 17.1 Å². The Morgan fingerprint density at radius 2 is 1.67 bits per heavy atom. The second kappa shape index (κ2) is 13.4. The molecule has 0 unspecified atom stereocenters. The Labute approximate surface area is 270 Å². The van der Waals surface area contributed by atoms with Crippen molar-refractivity contribution in [3.05, 3.63) is 78.1 Å². The number of aromatic nitrogens is 1. The Morgan fingerprint density at radius 3 is 2.35 bits per heavy atom. The van der Waals surface area contributed by atoms with Crippen molar-refractivity contribution < 1.29 is 14.3 Å². The molecule has 240 valence electrons. The monoisotopic (exact) mass is 621 g/mol. The number of guanidine groups is 1. The van der Waals surface area contributed by atoms with Gasteiger partial charge in [-0.05, 0) is 46.2 Å². The van der Waals surface area contributed by atoms with E-state index in [1.807, 2.05) is 49.6 Å². The van der Waals surface area contributed by atoms with Crippen LogP contribution in [0.2, 0.25) is 0 Å². The third kappa shape index (κ3) is 6.93. The maximum atomic E-state index is 13.6. The lowest BCUT2D eigenvalue weighted by molar-refractivity contribution is 0.0336. The van der Waals surface area contributed by atoms with Gasteiger partial charge in [0.1, 0.15) is 0 Å². The molecule has 3 aromatic carbocycles. The van der Waals surface area contributed by atoms with Gasteiger partial charge in [-0.25, -0.2) is 4.79 Å². The summed E-state index contributed by atoms with van der Waals surface area (Å²) < 4.78 is 11.3. The normalized spacial score (nSPS) is 15.5. The first-order valence-corrected chi connectivity index (χ1v) is 15.8. The minimum atomic E-state index is -0.363. The van der Waals surface area contributed by atoms with E-state index < -0.39 is 0 Å². The van der Waals surface area contributed by atoms with Crippen LogP contribution >= 0.6 is 0 Å². The summed E-state index contributed by atoms with van der Waals surface area (Å²) in [6.45, 7) is 12.2. The zero-order valence-corrected chi connectivity index (χ0v) is 27.3. The number of carbonyl (C=O) groups is 1. The first kappa shape index (κ1) is 31.3. The number of hydrogen-bond acceptors (Lipinski definition) is 8. The van der Waals surface area contributed by atoms with Crippen LogP contribution in [0.5, 0.6) is 5.75 Å². The minimum Gasteiger partial charge on any atom is -0.492 e. The molecule has 6 rings (SSSR count). The Hall–Kier alpha value is -4.67. The van der Waals surface area contributed by atoms with Crippen molar-refractivity contribution in [3.63, 3.8) is 0 Å². The van der Waals surface area contributed by atoms with Crippen LogP contribution < -0.4 is 20.7 Å². The van der Waals surface area contributed by atoms with E-state index in [2.05, 4.69) is 75.8 Å². The number of morpholine rings is 1. The number of anilines is 3. The third-order valence-electron chi connectivity index (χ3n) is 8.51. The van der Waals surface area contributed by atoms with Crippen molar-refractivity contribution in [2.45, 2.75) is 32.7 Å². The molecule has 2 aliphatic heterocycles. The molecule has 0 aliphatic carbocycles. The molecule has 2 aliphatic rings. The number of fused-ring (bicyclic) bond motifs is 1. The fraction of sp³-hybridized carbons (Fsp3) is 0.361. The molecule has 3 heterocycles. The topological polar surface area (TPSA) is 103 Å². The maximum absolute atomic E-state index is 13.6. The average Bonchev–Trinajstić information content (AvgIpc) is 3.45. The summed E-state index contributed by atoms with van der Waals surface area (Å²) in [5.74, 6) is 1.31. The highest BCUT2D eigenvalue weighted by atomic mass is 16.5. The molecule has 4 aromatic rings.